The predicted octanol–water partition coefficient (Wildman–Crippen LogP) is 4.48. The Labute approximate surface area is 202 Å². The number of carbonyl (C=O) groups is 1. The molecule has 7 nitrogen and oxygen atoms in total. The Morgan fingerprint density at radius 1 is 1.00 bits per heavy atom. The number of sulfonamides is 1. The number of piperidine rings is 1. The van der Waals surface area contributed by atoms with Crippen molar-refractivity contribution in [1.82, 2.24) is 9.21 Å². The number of anilines is 1. The van der Waals surface area contributed by atoms with Gasteiger partial charge in [-0.3, -0.25) is 4.90 Å². The van der Waals surface area contributed by atoms with Crippen molar-refractivity contribution >= 4 is 32.6 Å². The van der Waals surface area contributed by atoms with Crippen LogP contribution in [0.15, 0.2) is 76.9 Å². The monoisotopic (exact) mass is 501 g/mol. The summed E-state index contributed by atoms with van der Waals surface area (Å²) in [4.78, 5) is 16.1. The average Bonchev–Trinajstić information content (AvgIpc) is 2.84. The molecule has 0 bridgehead atoms. The quantitative estimate of drug-likeness (QED) is 0.618. The Balaban J connectivity index is 1.39. The third-order valence-electron chi connectivity index (χ3n) is 6.75. The fourth-order valence-corrected chi connectivity index (χ4v) is 6.68. The van der Waals surface area contributed by atoms with Gasteiger partial charge in [0.1, 0.15) is 6.26 Å². The van der Waals surface area contributed by atoms with Gasteiger partial charge in [0.25, 0.3) is 0 Å². The van der Waals surface area contributed by atoms with E-state index in [-0.39, 0.29) is 24.0 Å². The van der Waals surface area contributed by atoms with Crippen LogP contribution in [0.5, 0.6) is 0 Å². The van der Waals surface area contributed by atoms with Crippen LogP contribution in [0.25, 0.3) is 10.8 Å². The number of allylic oxidation sites excluding steroid dienone is 2. The third-order valence-corrected chi connectivity index (χ3v) is 8.71. The Morgan fingerprint density at radius 2 is 1.69 bits per heavy atom. The summed E-state index contributed by atoms with van der Waals surface area (Å²) in [7, 11) is 0.0140. The van der Waals surface area contributed by atoms with Gasteiger partial charge < -0.3 is 9.64 Å². The molecule has 1 atom stereocenters. The first-order chi connectivity index (χ1) is 16.7. The van der Waals surface area contributed by atoms with Gasteiger partial charge in [-0.15, -0.1) is 0 Å². The maximum Gasteiger partial charge on any atom is 0.415 e. The van der Waals surface area contributed by atoms with E-state index in [0.717, 1.165) is 29.5 Å². The zero-order valence-electron chi connectivity index (χ0n) is 19.3. The zero-order valence-corrected chi connectivity index (χ0v) is 20.1. The molecule has 10 heteroatoms. The highest BCUT2D eigenvalue weighted by Crippen LogP contribution is 2.36. The fourth-order valence-electron chi connectivity index (χ4n) is 5.01. The minimum absolute atomic E-state index is 0.183. The summed E-state index contributed by atoms with van der Waals surface area (Å²) in [6.07, 6.45) is 3.23. The van der Waals surface area contributed by atoms with E-state index in [2.05, 4.69) is 0 Å². The summed E-state index contributed by atoms with van der Waals surface area (Å²) in [5.74, 6) is -2.04. The van der Waals surface area contributed by atoms with Gasteiger partial charge in [0.15, 0.2) is 11.7 Å². The van der Waals surface area contributed by atoms with Crippen LogP contribution < -0.4 is 4.90 Å². The van der Waals surface area contributed by atoms with Crippen molar-refractivity contribution in [2.45, 2.75) is 29.8 Å². The Hall–Kier alpha value is -3.24. The second kappa shape index (κ2) is 8.76. The number of amides is 1. The van der Waals surface area contributed by atoms with Crippen molar-refractivity contribution in [3.63, 3.8) is 0 Å². The standard InChI is InChI=1S/C25H25F2N3O4S/c1-28(2)22-7-3-6-19-18(22)5-4-8-24(19)35(32,33)29-11-9-17(10-12-29)30-23-14-21(27)20(26)13-16(23)15-34-25(30)31/h3-8,13-15,17,23H,9-12H2,1-2H3. The first kappa shape index (κ1) is 23.5. The van der Waals surface area contributed by atoms with Crippen LogP contribution in [-0.4, -0.2) is 63.0 Å². The summed E-state index contributed by atoms with van der Waals surface area (Å²) >= 11 is 0. The molecule has 0 N–H and O–H groups in total. The summed E-state index contributed by atoms with van der Waals surface area (Å²) in [6, 6.07) is 9.66. The number of halogens is 2. The summed E-state index contributed by atoms with van der Waals surface area (Å²) in [6.45, 7) is 0.366. The second-order valence-corrected chi connectivity index (χ2v) is 10.9. The van der Waals surface area contributed by atoms with E-state index in [9.17, 15) is 22.0 Å². The second-order valence-electron chi connectivity index (χ2n) is 9.02. The van der Waals surface area contributed by atoms with Gasteiger partial charge in [0.05, 0.1) is 10.9 Å². The molecule has 184 valence electrons. The SMILES string of the molecule is CN(C)c1cccc2c(S(=O)(=O)N3CCC(N4C(=O)OC=C5C=C(F)C(F)=CC54)CC3)cccc12. The third kappa shape index (κ3) is 4.00. The molecule has 0 spiro atoms. The molecule has 1 fully saturated rings. The van der Waals surface area contributed by atoms with Gasteiger partial charge in [-0.25, -0.2) is 22.0 Å². The number of benzene rings is 2. The van der Waals surface area contributed by atoms with Crippen molar-refractivity contribution < 1.29 is 26.7 Å². The van der Waals surface area contributed by atoms with Crippen LogP contribution in [0, 0.1) is 0 Å². The molecule has 0 saturated carbocycles. The van der Waals surface area contributed by atoms with E-state index in [1.807, 2.05) is 37.2 Å². The van der Waals surface area contributed by atoms with Crippen molar-refractivity contribution in [2.24, 2.45) is 0 Å². The highest BCUT2D eigenvalue weighted by molar-refractivity contribution is 7.89. The number of fused-ring (bicyclic) bond motifs is 2. The molecule has 1 saturated heterocycles. The maximum atomic E-state index is 13.9. The lowest BCUT2D eigenvalue weighted by atomic mass is 9.95. The Bertz CT molecular complexity index is 1390. The normalized spacial score (nSPS) is 21.7. The summed E-state index contributed by atoms with van der Waals surface area (Å²) in [5, 5.41) is 1.49. The molecule has 35 heavy (non-hydrogen) atoms. The lowest BCUT2D eigenvalue weighted by Gasteiger charge is -2.42. The van der Waals surface area contributed by atoms with Crippen molar-refractivity contribution in [1.29, 1.82) is 0 Å². The van der Waals surface area contributed by atoms with E-state index >= 15 is 0 Å². The van der Waals surface area contributed by atoms with Gasteiger partial charge in [0.2, 0.25) is 10.0 Å². The highest BCUT2D eigenvalue weighted by Gasteiger charge is 2.41. The zero-order chi connectivity index (χ0) is 24.9. The first-order valence-corrected chi connectivity index (χ1v) is 12.8. The lowest BCUT2D eigenvalue weighted by Crippen LogP contribution is -2.54. The molecule has 3 aliphatic rings. The molecule has 1 unspecified atom stereocenters. The average molecular weight is 502 g/mol. The minimum Gasteiger partial charge on any atom is -0.418 e. The van der Waals surface area contributed by atoms with E-state index in [4.69, 9.17) is 4.74 Å². The van der Waals surface area contributed by atoms with E-state index < -0.39 is 33.8 Å². The molecular weight excluding hydrogens is 476 g/mol. The van der Waals surface area contributed by atoms with Crippen molar-refractivity contribution in [3.8, 4) is 0 Å². The predicted molar refractivity (Wildman–Crippen MR) is 129 cm³/mol. The van der Waals surface area contributed by atoms with Gasteiger partial charge in [0, 0.05) is 55.3 Å². The van der Waals surface area contributed by atoms with Crippen LogP contribution in [0.2, 0.25) is 0 Å². The number of rotatable bonds is 4. The van der Waals surface area contributed by atoms with Crippen molar-refractivity contribution in [3.05, 3.63) is 72.0 Å². The van der Waals surface area contributed by atoms with E-state index in [1.54, 1.807) is 18.2 Å². The minimum atomic E-state index is -3.80. The fraction of sp³-hybridized carbons (Fsp3) is 0.320. The number of nitrogens with zero attached hydrogens (tertiary/aromatic N) is 3. The van der Waals surface area contributed by atoms with Crippen LogP contribution in [-0.2, 0) is 14.8 Å². The number of hydrogen-bond donors (Lipinski definition) is 0. The van der Waals surface area contributed by atoms with E-state index in [1.165, 1.54) is 9.21 Å². The molecular formula is C25H25F2N3O4S. The maximum absolute atomic E-state index is 13.9. The van der Waals surface area contributed by atoms with Crippen LogP contribution >= 0.6 is 0 Å². The Kier molecular flexibility index (Phi) is 5.88. The molecule has 1 amide bonds. The molecule has 2 heterocycles. The number of cyclic esters (lactones) is 1. The lowest BCUT2D eigenvalue weighted by molar-refractivity contribution is 0.0800. The Morgan fingerprint density at radius 3 is 2.40 bits per heavy atom. The molecule has 2 aromatic carbocycles. The van der Waals surface area contributed by atoms with E-state index in [0.29, 0.717) is 23.8 Å². The molecule has 0 radical (unpaired) electrons. The molecule has 0 aromatic heterocycles. The van der Waals surface area contributed by atoms with Crippen LogP contribution in [0.3, 0.4) is 0 Å². The highest BCUT2D eigenvalue weighted by atomic mass is 32.2. The van der Waals surface area contributed by atoms with Gasteiger partial charge >= 0.3 is 6.09 Å². The van der Waals surface area contributed by atoms with Crippen LogP contribution in [0.1, 0.15) is 12.8 Å². The van der Waals surface area contributed by atoms with Gasteiger partial charge in [-0.1, -0.05) is 24.3 Å². The number of hydrogen-bond acceptors (Lipinski definition) is 5. The van der Waals surface area contributed by atoms with Gasteiger partial charge in [-0.2, -0.15) is 4.31 Å². The molecule has 5 rings (SSSR count). The smallest absolute Gasteiger partial charge is 0.415 e. The topological polar surface area (TPSA) is 70.2 Å². The number of ether oxygens (including phenoxy) is 1. The summed E-state index contributed by atoms with van der Waals surface area (Å²) in [5.41, 5.74) is 1.26. The first-order valence-electron chi connectivity index (χ1n) is 11.3. The number of carbonyl (C=O) groups excluding carboxylic acids is 1. The molecule has 1 aliphatic carbocycles. The largest absolute Gasteiger partial charge is 0.418 e. The van der Waals surface area contributed by atoms with Crippen LogP contribution in [0.4, 0.5) is 19.3 Å². The summed E-state index contributed by atoms with van der Waals surface area (Å²) < 4.78 is 61.4. The van der Waals surface area contributed by atoms with Gasteiger partial charge in [-0.05, 0) is 37.1 Å². The van der Waals surface area contributed by atoms with Crippen molar-refractivity contribution in [2.75, 3.05) is 32.1 Å². The molecule has 2 aliphatic heterocycles. The molecule has 2 aromatic rings.